The molecular formula is C12H11BrF2N2S. The van der Waals surface area contributed by atoms with E-state index in [9.17, 15) is 8.78 Å². The van der Waals surface area contributed by atoms with Crippen LogP contribution in [-0.2, 0) is 0 Å². The van der Waals surface area contributed by atoms with Gasteiger partial charge in [-0.15, -0.1) is 11.3 Å². The lowest BCUT2D eigenvalue weighted by Gasteiger charge is -2.16. The summed E-state index contributed by atoms with van der Waals surface area (Å²) in [4.78, 5) is 0. The molecule has 1 heterocycles. The number of thiophene rings is 1. The van der Waals surface area contributed by atoms with E-state index >= 15 is 0 Å². The fourth-order valence-electron chi connectivity index (χ4n) is 1.72. The Kier molecular flexibility index (Phi) is 4.11. The Morgan fingerprint density at radius 1 is 1.33 bits per heavy atom. The predicted molar refractivity (Wildman–Crippen MR) is 72.3 cm³/mol. The van der Waals surface area contributed by atoms with E-state index < -0.39 is 17.7 Å². The van der Waals surface area contributed by atoms with E-state index in [2.05, 4.69) is 21.4 Å². The number of hydrogen-bond donors (Lipinski definition) is 2. The molecule has 6 heteroatoms. The molecule has 0 saturated carbocycles. The summed E-state index contributed by atoms with van der Waals surface area (Å²) in [5.41, 5.74) is 3.78. The summed E-state index contributed by atoms with van der Waals surface area (Å²) in [6, 6.07) is 4.35. The molecule has 2 rings (SSSR count). The van der Waals surface area contributed by atoms with Gasteiger partial charge in [-0.2, -0.15) is 0 Å². The lowest BCUT2D eigenvalue weighted by atomic mass is 10.00. The van der Waals surface area contributed by atoms with Gasteiger partial charge >= 0.3 is 0 Å². The molecule has 1 aromatic carbocycles. The molecule has 96 valence electrons. The van der Waals surface area contributed by atoms with E-state index in [1.54, 1.807) is 12.1 Å². The Labute approximate surface area is 116 Å². The maximum Gasteiger partial charge on any atom is 0.164 e. The first-order valence-electron chi connectivity index (χ1n) is 5.19. The fourth-order valence-corrected chi connectivity index (χ4v) is 2.93. The Balaban J connectivity index is 2.49. The van der Waals surface area contributed by atoms with Gasteiger partial charge in [-0.1, -0.05) is 12.1 Å². The number of aryl methyl sites for hydroxylation is 1. The number of hydrogen-bond acceptors (Lipinski definition) is 3. The number of benzene rings is 1. The molecule has 3 N–H and O–H groups in total. The van der Waals surface area contributed by atoms with Crippen LogP contribution < -0.4 is 11.3 Å². The Hall–Kier alpha value is -0.820. The van der Waals surface area contributed by atoms with Crippen molar-refractivity contribution in [2.45, 2.75) is 13.0 Å². The molecule has 1 atom stereocenters. The van der Waals surface area contributed by atoms with Gasteiger partial charge in [0.25, 0.3) is 0 Å². The molecule has 2 aromatic rings. The van der Waals surface area contributed by atoms with Gasteiger partial charge in [0.15, 0.2) is 11.6 Å². The average Bonchev–Trinajstić information content (AvgIpc) is 2.77. The highest BCUT2D eigenvalue weighted by molar-refractivity contribution is 9.11. The SMILES string of the molecule is Cc1ccc(C(NN)c2csc(Br)c2)c(F)c1F. The minimum Gasteiger partial charge on any atom is -0.271 e. The molecule has 0 spiro atoms. The molecule has 1 aromatic heterocycles. The standard InChI is InChI=1S/C12H11BrF2N2S/c1-6-2-3-8(11(15)10(6)14)12(17-16)7-4-9(13)18-5-7/h2-5,12,17H,16H2,1H3. The van der Waals surface area contributed by atoms with Crippen LogP contribution in [0.4, 0.5) is 8.78 Å². The zero-order valence-corrected chi connectivity index (χ0v) is 11.9. The third-order valence-electron chi connectivity index (χ3n) is 2.70. The predicted octanol–water partition coefficient (Wildman–Crippen LogP) is 3.65. The van der Waals surface area contributed by atoms with Gasteiger partial charge in [0.2, 0.25) is 0 Å². The van der Waals surface area contributed by atoms with Gasteiger partial charge in [-0.3, -0.25) is 5.84 Å². The fraction of sp³-hybridized carbons (Fsp3) is 0.167. The molecule has 0 amide bonds. The third kappa shape index (κ3) is 2.47. The van der Waals surface area contributed by atoms with Crippen molar-refractivity contribution in [2.75, 3.05) is 0 Å². The van der Waals surface area contributed by atoms with Gasteiger partial charge in [0, 0.05) is 5.56 Å². The molecule has 0 fully saturated rings. The molecule has 1 unspecified atom stereocenters. The lowest BCUT2D eigenvalue weighted by Crippen LogP contribution is -2.29. The number of nitrogens with two attached hydrogens (primary N) is 1. The van der Waals surface area contributed by atoms with Gasteiger partial charge in [0.1, 0.15) is 0 Å². The van der Waals surface area contributed by atoms with Gasteiger partial charge in [-0.25, -0.2) is 14.2 Å². The molecule has 0 aliphatic carbocycles. The minimum absolute atomic E-state index is 0.200. The first-order valence-corrected chi connectivity index (χ1v) is 6.86. The van der Waals surface area contributed by atoms with Crippen molar-refractivity contribution in [3.63, 3.8) is 0 Å². The number of hydrazine groups is 1. The molecule has 0 radical (unpaired) electrons. The largest absolute Gasteiger partial charge is 0.271 e. The van der Waals surface area contributed by atoms with E-state index in [4.69, 9.17) is 5.84 Å². The molecule has 0 saturated heterocycles. The molecule has 0 aliphatic heterocycles. The third-order valence-corrected chi connectivity index (χ3v) is 4.23. The van der Waals surface area contributed by atoms with Crippen LogP contribution in [-0.4, -0.2) is 0 Å². The van der Waals surface area contributed by atoms with E-state index in [1.807, 2.05) is 11.4 Å². The summed E-state index contributed by atoms with van der Waals surface area (Å²) in [7, 11) is 0. The molecule has 0 aliphatic rings. The molecule has 18 heavy (non-hydrogen) atoms. The van der Waals surface area contributed by atoms with Crippen molar-refractivity contribution in [1.29, 1.82) is 0 Å². The van der Waals surface area contributed by atoms with Gasteiger partial charge in [0.05, 0.1) is 9.83 Å². The van der Waals surface area contributed by atoms with E-state index in [0.29, 0.717) is 0 Å². The van der Waals surface area contributed by atoms with Crippen molar-refractivity contribution in [3.8, 4) is 0 Å². The Morgan fingerprint density at radius 2 is 2.06 bits per heavy atom. The normalized spacial score (nSPS) is 12.7. The highest BCUT2D eigenvalue weighted by atomic mass is 79.9. The quantitative estimate of drug-likeness (QED) is 0.665. The first kappa shape index (κ1) is 13.6. The van der Waals surface area contributed by atoms with Crippen LogP contribution in [0, 0.1) is 18.6 Å². The van der Waals surface area contributed by atoms with Crippen LogP contribution >= 0.6 is 27.3 Å². The second-order valence-electron chi connectivity index (χ2n) is 3.88. The number of halogens is 3. The zero-order chi connectivity index (χ0) is 13.3. The second-order valence-corrected chi connectivity index (χ2v) is 6.17. The lowest BCUT2D eigenvalue weighted by molar-refractivity contribution is 0.479. The summed E-state index contributed by atoms with van der Waals surface area (Å²) in [5.74, 6) is 3.76. The summed E-state index contributed by atoms with van der Waals surface area (Å²) in [5, 5.41) is 1.84. The average molecular weight is 333 g/mol. The first-order chi connectivity index (χ1) is 8.54. The zero-order valence-electron chi connectivity index (χ0n) is 9.51. The van der Waals surface area contributed by atoms with Crippen molar-refractivity contribution >= 4 is 27.3 Å². The number of nitrogens with one attached hydrogen (secondary N) is 1. The maximum atomic E-state index is 13.9. The monoisotopic (exact) mass is 332 g/mol. The molecule has 0 bridgehead atoms. The summed E-state index contributed by atoms with van der Waals surface area (Å²) in [6.07, 6.45) is 0. The topological polar surface area (TPSA) is 38.0 Å². The van der Waals surface area contributed by atoms with E-state index in [0.717, 1.165) is 9.35 Å². The van der Waals surface area contributed by atoms with Crippen LogP contribution in [0.5, 0.6) is 0 Å². The highest BCUT2D eigenvalue weighted by Crippen LogP contribution is 2.31. The van der Waals surface area contributed by atoms with Crippen molar-refractivity contribution < 1.29 is 8.78 Å². The van der Waals surface area contributed by atoms with Gasteiger partial charge < -0.3 is 0 Å². The molecular weight excluding hydrogens is 322 g/mol. The van der Waals surface area contributed by atoms with Crippen LogP contribution in [0.1, 0.15) is 22.7 Å². The summed E-state index contributed by atoms with van der Waals surface area (Å²) < 4.78 is 28.4. The smallest absolute Gasteiger partial charge is 0.164 e. The minimum atomic E-state index is -0.861. The van der Waals surface area contributed by atoms with Crippen LogP contribution in [0.25, 0.3) is 0 Å². The summed E-state index contributed by atoms with van der Waals surface area (Å²) in [6.45, 7) is 1.52. The van der Waals surface area contributed by atoms with E-state index in [-0.39, 0.29) is 11.1 Å². The van der Waals surface area contributed by atoms with Crippen LogP contribution in [0.2, 0.25) is 0 Å². The van der Waals surface area contributed by atoms with E-state index in [1.165, 1.54) is 18.3 Å². The Morgan fingerprint density at radius 3 is 2.61 bits per heavy atom. The highest BCUT2D eigenvalue weighted by Gasteiger charge is 2.21. The van der Waals surface area contributed by atoms with Crippen molar-refractivity contribution in [2.24, 2.45) is 5.84 Å². The maximum absolute atomic E-state index is 13.9. The van der Waals surface area contributed by atoms with Gasteiger partial charge in [-0.05, 0) is 45.4 Å². The molecule has 2 nitrogen and oxygen atoms in total. The second kappa shape index (κ2) is 5.44. The van der Waals surface area contributed by atoms with Crippen LogP contribution in [0.15, 0.2) is 27.4 Å². The number of rotatable bonds is 3. The Bertz CT molecular complexity index is 571. The van der Waals surface area contributed by atoms with Crippen molar-refractivity contribution in [3.05, 3.63) is 55.7 Å². The summed E-state index contributed by atoms with van der Waals surface area (Å²) >= 11 is 4.79. The van der Waals surface area contributed by atoms with Crippen LogP contribution in [0.3, 0.4) is 0 Å². The van der Waals surface area contributed by atoms with Crippen molar-refractivity contribution in [1.82, 2.24) is 5.43 Å².